The Balaban J connectivity index is 2.91. The topological polar surface area (TPSA) is 58.4 Å². The lowest BCUT2D eigenvalue weighted by molar-refractivity contribution is 0.321. The molecular weight excluding hydrogens is 142 g/mol. The van der Waals surface area contributed by atoms with Gasteiger partial charge in [-0.2, -0.15) is 0 Å². The standard InChI is InChI=1S/C7H9N3O/c1-2-7-8-4-3-6(10-7)5-9-11/h3-5,11H,2H2,1H3/b9-5+. The molecule has 0 aliphatic rings. The predicted octanol–water partition coefficient (Wildman–Crippen LogP) is 0.847. The quantitative estimate of drug-likeness (QED) is 0.387. The molecule has 0 aliphatic heterocycles. The van der Waals surface area contributed by atoms with E-state index in [0.29, 0.717) is 5.69 Å². The van der Waals surface area contributed by atoms with Gasteiger partial charge in [0, 0.05) is 12.6 Å². The van der Waals surface area contributed by atoms with E-state index in [1.807, 2.05) is 6.92 Å². The van der Waals surface area contributed by atoms with E-state index >= 15 is 0 Å². The second-order valence-electron chi connectivity index (χ2n) is 2.00. The van der Waals surface area contributed by atoms with Crippen LogP contribution < -0.4 is 0 Å². The zero-order valence-electron chi connectivity index (χ0n) is 6.23. The molecule has 11 heavy (non-hydrogen) atoms. The molecule has 1 N–H and O–H groups in total. The highest BCUT2D eigenvalue weighted by Gasteiger charge is 1.92. The number of hydrogen-bond acceptors (Lipinski definition) is 4. The Morgan fingerprint density at radius 3 is 3.18 bits per heavy atom. The maximum absolute atomic E-state index is 8.19. The molecule has 1 rings (SSSR count). The van der Waals surface area contributed by atoms with Crippen molar-refractivity contribution in [3.63, 3.8) is 0 Å². The first kappa shape index (κ1) is 7.65. The van der Waals surface area contributed by atoms with Gasteiger partial charge in [-0.25, -0.2) is 9.97 Å². The Labute approximate surface area is 64.6 Å². The summed E-state index contributed by atoms with van der Waals surface area (Å²) in [4.78, 5) is 8.05. The number of nitrogens with zero attached hydrogens (tertiary/aromatic N) is 3. The number of rotatable bonds is 2. The molecule has 0 unspecified atom stereocenters. The number of aromatic nitrogens is 2. The Morgan fingerprint density at radius 2 is 2.55 bits per heavy atom. The average Bonchev–Trinajstić information content (AvgIpc) is 2.06. The first-order chi connectivity index (χ1) is 5.36. The van der Waals surface area contributed by atoms with E-state index in [1.54, 1.807) is 12.3 Å². The highest BCUT2D eigenvalue weighted by molar-refractivity contribution is 5.75. The summed E-state index contributed by atoms with van der Waals surface area (Å²) in [6.45, 7) is 1.97. The highest BCUT2D eigenvalue weighted by atomic mass is 16.4. The SMILES string of the molecule is CCc1nccc(/C=N/O)n1. The van der Waals surface area contributed by atoms with Gasteiger partial charge in [-0.1, -0.05) is 12.1 Å². The summed E-state index contributed by atoms with van der Waals surface area (Å²) in [7, 11) is 0. The van der Waals surface area contributed by atoms with Crippen LogP contribution in [0.2, 0.25) is 0 Å². The van der Waals surface area contributed by atoms with Crippen molar-refractivity contribution < 1.29 is 5.21 Å². The molecule has 0 amide bonds. The lowest BCUT2D eigenvalue weighted by Crippen LogP contribution is -1.95. The summed E-state index contributed by atoms with van der Waals surface area (Å²) in [6.07, 6.45) is 3.71. The van der Waals surface area contributed by atoms with Gasteiger partial charge in [0.25, 0.3) is 0 Å². The Kier molecular flexibility index (Phi) is 2.54. The summed E-state index contributed by atoms with van der Waals surface area (Å²) >= 11 is 0. The molecule has 0 aromatic carbocycles. The maximum Gasteiger partial charge on any atom is 0.128 e. The summed E-state index contributed by atoms with van der Waals surface area (Å²) in [5.74, 6) is 0.752. The smallest absolute Gasteiger partial charge is 0.128 e. The highest BCUT2D eigenvalue weighted by Crippen LogP contribution is 1.92. The summed E-state index contributed by atoms with van der Waals surface area (Å²) in [5, 5.41) is 11.1. The van der Waals surface area contributed by atoms with Crippen LogP contribution in [0.3, 0.4) is 0 Å². The van der Waals surface area contributed by atoms with Gasteiger partial charge in [-0.3, -0.25) is 0 Å². The fraction of sp³-hybridized carbons (Fsp3) is 0.286. The van der Waals surface area contributed by atoms with E-state index in [0.717, 1.165) is 12.2 Å². The van der Waals surface area contributed by atoms with Crippen molar-refractivity contribution in [2.75, 3.05) is 0 Å². The fourth-order valence-electron chi connectivity index (χ4n) is 0.716. The van der Waals surface area contributed by atoms with Crippen LogP contribution in [0.1, 0.15) is 18.4 Å². The molecule has 0 aliphatic carbocycles. The van der Waals surface area contributed by atoms with E-state index < -0.39 is 0 Å². The molecule has 4 nitrogen and oxygen atoms in total. The van der Waals surface area contributed by atoms with E-state index in [9.17, 15) is 0 Å². The van der Waals surface area contributed by atoms with E-state index in [-0.39, 0.29) is 0 Å². The molecule has 0 bridgehead atoms. The first-order valence-electron chi connectivity index (χ1n) is 3.36. The molecule has 0 atom stereocenters. The molecule has 1 aromatic heterocycles. The molecule has 0 spiro atoms. The van der Waals surface area contributed by atoms with Crippen LogP contribution in [0.25, 0.3) is 0 Å². The monoisotopic (exact) mass is 151 g/mol. The lowest BCUT2D eigenvalue weighted by atomic mass is 10.4. The minimum Gasteiger partial charge on any atom is -0.411 e. The molecule has 58 valence electrons. The van der Waals surface area contributed by atoms with Crippen molar-refractivity contribution in [1.82, 2.24) is 9.97 Å². The summed E-state index contributed by atoms with van der Waals surface area (Å²) in [5.41, 5.74) is 0.624. The van der Waals surface area contributed by atoms with Crippen molar-refractivity contribution in [1.29, 1.82) is 0 Å². The number of aryl methyl sites for hydroxylation is 1. The van der Waals surface area contributed by atoms with Crippen molar-refractivity contribution in [2.45, 2.75) is 13.3 Å². The number of hydrogen-bond donors (Lipinski definition) is 1. The number of oxime groups is 1. The second-order valence-corrected chi connectivity index (χ2v) is 2.00. The van der Waals surface area contributed by atoms with Gasteiger partial charge in [-0.05, 0) is 6.07 Å². The van der Waals surface area contributed by atoms with Crippen LogP contribution in [-0.2, 0) is 6.42 Å². The van der Waals surface area contributed by atoms with Gasteiger partial charge in [0.15, 0.2) is 0 Å². The molecular formula is C7H9N3O. The van der Waals surface area contributed by atoms with Gasteiger partial charge in [0.2, 0.25) is 0 Å². The van der Waals surface area contributed by atoms with Crippen LogP contribution in [0.15, 0.2) is 17.4 Å². The predicted molar refractivity (Wildman–Crippen MR) is 40.8 cm³/mol. The van der Waals surface area contributed by atoms with Crippen LogP contribution >= 0.6 is 0 Å². The zero-order valence-corrected chi connectivity index (χ0v) is 6.23. The molecule has 0 saturated heterocycles. The van der Waals surface area contributed by atoms with Gasteiger partial charge in [-0.15, -0.1) is 0 Å². The van der Waals surface area contributed by atoms with Gasteiger partial charge in [0.05, 0.1) is 11.9 Å². The van der Waals surface area contributed by atoms with Crippen molar-refractivity contribution in [2.24, 2.45) is 5.16 Å². The van der Waals surface area contributed by atoms with Crippen LogP contribution in [0, 0.1) is 0 Å². The van der Waals surface area contributed by atoms with Gasteiger partial charge < -0.3 is 5.21 Å². The van der Waals surface area contributed by atoms with Gasteiger partial charge in [0.1, 0.15) is 5.82 Å². The van der Waals surface area contributed by atoms with Crippen molar-refractivity contribution in [3.8, 4) is 0 Å². The summed E-state index contributed by atoms with van der Waals surface area (Å²) < 4.78 is 0. The van der Waals surface area contributed by atoms with Crippen LogP contribution in [-0.4, -0.2) is 21.4 Å². The average molecular weight is 151 g/mol. The second kappa shape index (κ2) is 3.65. The first-order valence-corrected chi connectivity index (χ1v) is 3.36. The van der Waals surface area contributed by atoms with Crippen molar-refractivity contribution >= 4 is 6.21 Å². The molecule has 1 aromatic rings. The third-order valence-electron chi connectivity index (χ3n) is 1.23. The Bertz CT molecular complexity index is 260. The Morgan fingerprint density at radius 1 is 1.73 bits per heavy atom. The molecule has 0 saturated carbocycles. The minimum absolute atomic E-state index is 0.624. The lowest BCUT2D eigenvalue weighted by Gasteiger charge is -1.94. The van der Waals surface area contributed by atoms with Crippen LogP contribution in [0.4, 0.5) is 0 Å². The van der Waals surface area contributed by atoms with Crippen molar-refractivity contribution in [3.05, 3.63) is 23.8 Å². The molecule has 0 radical (unpaired) electrons. The van der Waals surface area contributed by atoms with E-state index in [2.05, 4.69) is 15.1 Å². The normalized spacial score (nSPS) is 10.6. The Hall–Kier alpha value is -1.45. The third kappa shape index (κ3) is 2.00. The molecule has 0 fully saturated rings. The minimum atomic E-state index is 0.624. The molecule has 1 heterocycles. The van der Waals surface area contributed by atoms with Gasteiger partial charge >= 0.3 is 0 Å². The zero-order chi connectivity index (χ0) is 8.10. The summed E-state index contributed by atoms with van der Waals surface area (Å²) in [6, 6.07) is 1.68. The molecule has 4 heteroatoms. The fourth-order valence-corrected chi connectivity index (χ4v) is 0.716. The van der Waals surface area contributed by atoms with E-state index in [1.165, 1.54) is 6.21 Å². The van der Waals surface area contributed by atoms with E-state index in [4.69, 9.17) is 5.21 Å². The van der Waals surface area contributed by atoms with Crippen LogP contribution in [0.5, 0.6) is 0 Å². The maximum atomic E-state index is 8.19. The largest absolute Gasteiger partial charge is 0.411 e. The third-order valence-corrected chi connectivity index (χ3v) is 1.23.